The lowest BCUT2D eigenvalue weighted by molar-refractivity contribution is -0.117. The van der Waals surface area contributed by atoms with Crippen LogP contribution in [0.2, 0.25) is 0 Å². The van der Waals surface area contributed by atoms with Gasteiger partial charge in [0.2, 0.25) is 11.9 Å². The maximum Gasteiger partial charge on any atom is 0.267 e. The summed E-state index contributed by atoms with van der Waals surface area (Å²) in [5, 5.41) is 4.83. The molecule has 0 saturated heterocycles. The van der Waals surface area contributed by atoms with Crippen LogP contribution >= 0.6 is 0 Å². The van der Waals surface area contributed by atoms with Gasteiger partial charge in [-0.2, -0.15) is 0 Å². The summed E-state index contributed by atoms with van der Waals surface area (Å²) in [6, 6.07) is 12.9. The van der Waals surface area contributed by atoms with E-state index in [-0.39, 0.29) is 23.7 Å². The summed E-state index contributed by atoms with van der Waals surface area (Å²) in [7, 11) is -4.19. The van der Waals surface area contributed by atoms with Crippen molar-refractivity contribution < 1.29 is 17.6 Å². The van der Waals surface area contributed by atoms with E-state index in [1.165, 1.54) is 36.7 Å². The first-order chi connectivity index (χ1) is 15.9. The largest absolute Gasteiger partial charge is 0.326 e. The number of hydrogen-bond acceptors (Lipinski definition) is 6. The molecule has 33 heavy (non-hydrogen) atoms. The number of nitrogens with one attached hydrogen (secondary N) is 2. The molecule has 1 aliphatic carbocycles. The minimum Gasteiger partial charge on any atom is -0.326 e. The topological polar surface area (TPSA) is 114 Å². The Morgan fingerprint density at radius 3 is 2.61 bits per heavy atom. The molecule has 5 rings (SSSR count). The Labute approximate surface area is 189 Å². The van der Waals surface area contributed by atoms with Crippen molar-refractivity contribution in [2.24, 2.45) is 5.92 Å². The molecule has 1 aliphatic rings. The number of rotatable bonds is 6. The van der Waals surface area contributed by atoms with Crippen LogP contribution in [-0.2, 0) is 14.8 Å². The lowest BCUT2D eigenvalue weighted by Gasteiger charge is -2.09. The smallest absolute Gasteiger partial charge is 0.267 e. The van der Waals surface area contributed by atoms with Gasteiger partial charge in [0, 0.05) is 41.8 Å². The summed E-state index contributed by atoms with van der Waals surface area (Å²) in [6.45, 7) is 0. The highest BCUT2D eigenvalue weighted by Crippen LogP contribution is 2.48. The van der Waals surface area contributed by atoms with E-state index >= 15 is 0 Å². The Balaban J connectivity index is 1.28. The van der Waals surface area contributed by atoms with Gasteiger partial charge in [0.25, 0.3) is 10.0 Å². The number of sulfonamides is 1. The number of fused-ring (bicyclic) bond motifs is 1. The summed E-state index contributed by atoms with van der Waals surface area (Å²) in [6.07, 6.45) is 6.74. The first kappa shape index (κ1) is 21.0. The van der Waals surface area contributed by atoms with Crippen LogP contribution in [0.3, 0.4) is 0 Å². The average Bonchev–Trinajstić information content (AvgIpc) is 3.60. The van der Waals surface area contributed by atoms with Crippen LogP contribution < -0.4 is 10.0 Å². The third-order valence-corrected chi connectivity index (χ3v) is 6.86. The number of amides is 1. The highest BCUT2D eigenvalue weighted by atomic mass is 32.2. The zero-order chi connectivity index (χ0) is 23.0. The van der Waals surface area contributed by atoms with Crippen LogP contribution in [0.15, 0.2) is 78.2 Å². The number of aromatic nitrogens is 3. The highest BCUT2D eigenvalue weighted by molar-refractivity contribution is 7.92. The summed E-state index contributed by atoms with van der Waals surface area (Å²) in [4.78, 5) is 23.8. The molecule has 2 aromatic carbocycles. The van der Waals surface area contributed by atoms with Crippen LogP contribution in [0, 0.1) is 11.7 Å². The molecule has 10 heteroatoms. The van der Waals surface area contributed by atoms with Crippen LogP contribution in [0.4, 0.5) is 16.0 Å². The standard InChI is InChI=1S/C23H18FN5O3S/c24-20-11-15(3-5-21(20)33(31,32)29-23-26-7-1-8-27-23)18-12-19(18)22(30)28-17-4-2-16-13-25-9-6-14(16)10-17/h1-11,13,18-19H,12H2,(H,28,30)(H,26,27,29)/t18?,19-/m1/s1. The van der Waals surface area contributed by atoms with Crippen molar-refractivity contribution in [3.8, 4) is 0 Å². The van der Waals surface area contributed by atoms with E-state index in [4.69, 9.17) is 0 Å². The van der Waals surface area contributed by atoms with Crippen LogP contribution in [0.1, 0.15) is 17.9 Å². The normalized spacial score (nSPS) is 17.5. The molecule has 166 valence electrons. The van der Waals surface area contributed by atoms with Gasteiger partial charge in [0.1, 0.15) is 10.7 Å². The fourth-order valence-corrected chi connectivity index (χ4v) is 4.76. The van der Waals surface area contributed by atoms with Crippen LogP contribution in [0.25, 0.3) is 10.8 Å². The van der Waals surface area contributed by atoms with Gasteiger partial charge in [-0.1, -0.05) is 12.1 Å². The molecule has 1 amide bonds. The molecule has 0 spiro atoms. The molecule has 2 atom stereocenters. The van der Waals surface area contributed by atoms with Crippen molar-refractivity contribution in [1.82, 2.24) is 15.0 Å². The fraction of sp³-hybridized carbons (Fsp3) is 0.130. The number of pyridine rings is 1. The Morgan fingerprint density at radius 1 is 1.00 bits per heavy atom. The predicted molar refractivity (Wildman–Crippen MR) is 120 cm³/mol. The molecule has 1 saturated carbocycles. The molecule has 0 radical (unpaired) electrons. The molecule has 1 unspecified atom stereocenters. The molecule has 8 nitrogen and oxygen atoms in total. The number of halogens is 1. The second-order valence-corrected chi connectivity index (χ2v) is 9.39. The van der Waals surface area contributed by atoms with Crippen molar-refractivity contribution in [2.45, 2.75) is 17.2 Å². The monoisotopic (exact) mass is 463 g/mol. The number of anilines is 2. The van der Waals surface area contributed by atoms with Crippen molar-refractivity contribution in [3.63, 3.8) is 0 Å². The SMILES string of the molecule is O=C(Nc1ccc2cnccc2c1)[C@@H]1CC1c1ccc(S(=O)(=O)Nc2ncccn2)c(F)c1. The maximum atomic E-state index is 14.7. The van der Waals surface area contributed by atoms with Gasteiger partial charge in [0.05, 0.1) is 0 Å². The van der Waals surface area contributed by atoms with Gasteiger partial charge in [0.15, 0.2) is 0 Å². The molecule has 1 fully saturated rings. The maximum absolute atomic E-state index is 14.7. The van der Waals surface area contributed by atoms with Gasteiger partial charge in [-0.05, 0) is 59.7 Å². The Hall–Kier alpha value is -3.92. The Morgan fingerprint density at radius 2 is 1.82 bits per heavy atom. The molecule has 2 heterocycles. The third kappa shape index (κ3) is 4.37. The average molecular weight is 463 g/mol. The molecule has 4 aromatic rings. The summed E-state index contributed by atoms with van der Waals surface area (Å²) < 4.78 is 41.8. The summed E-state index contributed by atoms with van der Waals surface area (Å²) in [5.41, 5.74) is 1.25. The molecule has 0 aliphatic heterocycles. The van der Waals surface area contributed by atoms with Gasteiger partial charge >= 0.3 is 0 Å². The van der Waals surface area contributed by atoms with E-state index < -0.39 is 20.7 Å². The Bertz CT molecular complexity index is 1460. The first-order valence-corrected chi connectivity index (χ1v) is 11.6. The first-order valence-electron chi connectivity index (χ1n) is 10.1. The second-order valence-electron chi connectivity index (χ2n) is 7.74. The highest BCUT2D eigenvalue weighted by Gasteiger charge is 2.44. The molecule has 2 aromatic heterocycles. The Kier molecular flexibility index (Phi) is 5.21. The molecule has 2 N–H and O–H groups in total. The second kappa shape index (κ2) is 8.21. The van der Waals surface area contributed by atoms with Crippen molar-refractivity contribution in [1.29, 1.82) is 0 Å². The minimum atomic E-state index is -4.19. The third-order valence-electron chi connectivity index (χ3n) is 5.50. The van der Waals surface area contributed by atoms with Crippen LogP contribution in [-0.4, -0.2) is 29.3 Å². The van der Waals surface area contributed by atoms with E-state index in [1.54, 1.807) is 12.4 Å². The number of carbonyl (C=O) groups is 1. The van der Waals surface area contributed by atoms with E-state index in [2.05, 4.69) is 25.0 Å². The number of carbonyl (C=O) groups excluding carboxylic acids is 1. The molecular weight excluding hydrogens is 445 g/mol. The number of nitrogens with zero attached hydrogens (tertiary/aromatic N) is 3. The lowest BCUT2D eigenvalue weighted by atomic mass is 10.1. The zero-order valence-corrected chi connectivity index (χ0v) is 18.0. The number of benzene rings is 2. The lowest BCUT2D eigenvalue weighted by Crippen LogP contribution is -2.16. The summed E-state index contributed by atoms with van der Waals surface area (Å²) in [5.74, 6) is -1.69. The van der Waals surface area contributed by atoms with E-state index in [1.807, 2.05) is 24.3 Å². The fourth-order valence-electron chi connectivity index (χ4n) is 3.74. The van der Waals surface area contributed by atoms with Gasteiger partial charge in [-0.3, -0.25) is 9.78 Å². The molecular formula is C23H18FN5O3S. The minimum absolute atomic E-state index is 0.148. The summed E-state index contributed by atoms with van der Waals surface area (Å²) >= 11 is 0. The van der Waals surface area contributed by atoms with E-state index in [9.17, 15) is 17.6 Å². The van der Waals surface area contributed by atoms with Gasteiger partial charge in [-0.25, -0.2) is 27.5 Å². The van der Waals surface area contributed by atoms with E-state index in [0.29, 0.717) is 17.7 Å². The van der Waals surface area contributed by atoms with Gasteiger partial charge < -0.3 is 5.32 Å². The zero-order valence-electron chi connectivity index (χ0n) is 17.1. The van der Waals surface area contributed by atoms with Gasteiger partial charge in [-0.15, -0.1) is 0 Å². The predicted octanol–water partition coefficient (Wildman–Crippen LogP) is 3.71. The van der Waals surface area contributed by atoms with Crippen molar-refractivity contribution >= 4 is 38.3 Å². The van der Waals surface area contributed by atoms with Crippen LogP contribution in [0.5, 0.6) is 0 Å². The van der Waals surface area contributed by atoms with Crippen molar-refractivity contribution in [3.05, 3.63) is 84.7 Å². The quantitative estimate of drug-likeness (QED) is 0.451. The van der Waals surface area contributed by atoms with Crippen molar-refractivity contribution in [2.75, 3.05) is 10.0 Å². The van der Waals surface area contributed by atoms with E-state index in [0.717, 1.165) is 10.8 Å². The molecule has 0 bridgehead atoms. The number of hydrogen-bond donors (Lipinski definition) is 2.